The van der Waals surface area contributed by atoms with Gasteiger partial charge in [-0.25, -0.2) is 0 Å². The molecule has 0 bridgehead atoms. The van der Waals surface area contributed by atoms with Gasteiger partial charge in [0.2, 0.25) is 0 Å². The number of ether oxygens (including phenoxy) is 1. The molecule has 0 radical (unpaired) electrons. The molecular formula is C29H30N4O4. The van der Waals surface area contributed by atoms with Crippen LogP contribution in [0.15, 0.2) is 78.8 Å². The first-order valence-electron chi connectivity index (χ1n) is 12.1. The second kappa shape index (κ2) is 11.5. The van der Waals surface area contributed by atoms with E-state index >= 15 is 0 Å². The number of hydrogen-bond donors (Lipinski definition) is 3. The van der Waals surface area contributed by atoms with Crippen molar-refractivity contribution in [1.29, 1.82) is 5.41 Å². The molecule has 1 saturated heterocycles. The normalized spacial score (nSPS) is 14.8. The lowest BCUT2D eigenvalue weighted by Crippen LogP contribution is -2.49. The van der Waals surface area contributed by atoms with Gasteiger partial charge in [0.05, 0.1) is 5.71 Å². The molecule has 4 rings (SSSR count). The molecule has 1 fully saturated rings. The molecular weight excluding hydrogens is 468 g/mol. The van der Waals surface area contributed by atoms with Crippen LogP contribution in [0.5, 0.6) is 5.75 Å². The number of aromatic nitrogens is 1. The number of carboxylic acid groups (broad SMARTS) is 1. The van der Waals surface area contributed by atoms with E-state index in [2.05, 4.69) is 48.4 Å². The summed E-state index contributed by atoms with van der Waals surface area (Å²) in [6, 6.07) is 19.0. The van der Waals surface area contributed by atoms with Crippen LogP contribution in [0.2, 0.25) is 0 Å². The molecule has 2 heterocycles. The van der Waals surface area contributed by atoms with Crippen molar-refractivity contribution >= 4 is 23.2 Å². The third-order valence-electron chi connectivity index (χ3n) is 6.17. The molecule has 0 spiro atoms. The van der Waals surface area contributed by atoms with E-state index < -0.39 is 18.4 Å². The molecule has 8 nitrogen and oxygen atoms in total. The topological polar surface area (TPSA) is 116 Å². The van der Waals surface area contributed by atoms with Crippen LogP contribution in [0.3, 0.4) is 0 Å². The Balaban J connectivity index is 1.61. The van der Waals surface area contributed by atoms with E-state index in [-0.39, 0.29) is 18.0 Å². The predicted molar refractivity (Wildman–Crippen MR) is 142 cm³/mol. The summed E-state index contributed by atoms with van der Waals surface area (Å²) in [4.78, 5) is 29.8. The van der Waals surface area contributed by atoms with Crippen LogP contribution < -0.4 is 10.1 Å². The van der Waals surface area contributed by atoms with Crippen LogP contribution in [0.1, 0.15) is 42.0 Å². The molecule has 37 heavy (non-hydrogen) atoms. The summed E-state index contributed by atoms with van der Waals surface area (Å²) in [6.07, 6.45) is 3.17. The lowest BCUT2D eigenvalue weighted by atomic mass is 9.93. The molecule has 8 heteroatoms. The molecule has 0 unspecified atom stereocenters. The highest BCUT2D eigenvalue weighted by molar-refractivity contribution is 6.34. The Morgan fingerprint density at radius 2 is 1.73 bits per heavy atom. The Bertz CT molecular complexity index is 1300. The van der Waals surface area contributed by atoms with Crippen LogP contribution in [-0.4, -0.2) is 52.2 Å². The minimum absolute atomic E-state index is 0.134. The van der Waals surface area contributed by atoms with Crippen molar-refractivity contribution in [3.8, 4) is 5.75 Å². The number of carboxylic acids is 1. The lowest BCUT2D eigenvalue weighted by Gasteiger charge is -2.30. The van der Waals surface area contributed by atoms with Gasteiger partial charge in [-0.1, -0.05) is 50.2 Å². The molecule has 2 aromatic carbocycles. The van der Waals surface area contributed by atoms with Gasteiger partial charge in [-0.15, -0.1) is 0 Å². The number of piperazine rings is 1. The maximum Gasteiger partial charge on any atom is 0.323 e. The van der Waals surface area contributed by atoms with Gasteiger partial charge in [0.25, 0.3) is 5.91 Å². The SMILES string of the molecule is CC(C)c1ccc(COc2ccc(/C(C(=N)c3ccncc3)=C3/NCCN(CC(=O)O)C3=O)cc2)cc1. The van der Waals surface area contributed by atoms with Crippen molar-refractivity contribution in [3.63, 3.8) is 0 Å². The Labute approximate surface area is 216 Å². The monoisotopic (exact) mass is 498 g/mol. The Morgan fingerprint density at radius 3 is 2.35 bits per heavy atom. The molecule has 3 aromatic rings. The molecule has 1 aliphatic rings. The highest BCUT2D eigenvalue weighted by Crippen LogP contribution is 2.27. The van der Waals surface area contributed by atoms with Crippen molar-refractivity contribution in [2.45, 2.75) is 26.4 Å². The summed E-state index contributed by atoms with van der Waals surface area (Å²) < 4.78 is 5.97. The maximum absolute atomic E-state index is 13.2. The van der Waals surface area contributed by atoms with Gasteiger partial charge < -0.3 is 20.1 Å². The molecule has 190 valence electrons. The van der Waals surface area contributed by atoms with E-state index in [0.29, 0.717) is 41.5 Å². The van der Waals surface area contributed by atoms with Gasteiger partial charge in [-0.2, -0.15) is 0 Å². The van der Waals surface area contributed by atoms with Gasteiger partial charge in [-0.05, 0) is 46.9 Å². The first-order valence-corrected chi connectivity index (χ1v) is 12.1. The summed E-state index contributed by atoms with van der Waals surface area (Å²) in [7, 11) is 0. The fraction of sp³-hybridized carbons (Fsp3) is 0.241. The van der Waals surface area contributed by atoms with Crippen LogP contribution in [-0.2, 0) is 16.2 Å². The number of hydrogen-bond acceptors (Lipinski definition) is 6. The zero-order chi connectivity index (χ0) is 26.4. The quantitative estimate of drug-likeness (QED) is 0.302. The fourth-order valence-corrected chi connectivity index (χ4v) is 4.12. The predicted octanol–water partition coefficient (Wildman–Crippen LogP) is 4.08. The van der Waals surface area contributed by atoms with E-state index in [1.807, 2.05) is 0 Å². The molecule has 1 aliphatic heterocycles. The summed E-state index contributed by atoms with van der Waals surface area (Å²) in [5, 5.41) is 21.2. The number of pyridine rings is 1. The first-order chi connectivity index (χ1) is 17.8. The largest absolute Gasteiger partial charge is 0.489 e. The van der Waals surface area contributed by atoms with Crippen molar-refractivity contribution in [3.05, 3.63) is 101 Å². The zero-order valence-electron chi connectivity index (χ0n) is 20.9. The smallest absolute Gasteiger partial charge is 0.323 e. The molecule has 0 aliphatic carbocycles. The maximum atomic E-state index is 13.2. The van der Waals surface area contributed by atoms with E-state index in [9.17, 15) is 14.7 Å². The summed E-state index contributed by atoms with van der Waals surface area (Å²) in [6.45, 7) is 5.00. The minimum Gasteiger partial charge on any atom is -0.489 e. The van der Waals surface area contributed by atoms with Crippen molar-refractivity contribution in [1.82, 2.24) is 15.2 Å². The Hall–Kier alpha value is -4.46. The second-order valence-corrected chi connectivity index (χ2v) is 9.12. The van der Waals surface area contributed by atoms with E-state index in [4.69, 9.17) is 10.1 Å². The Morgan fingerprint density at radius 1 is 1.05 bits per heavy atom. The summed E-state index contributed by atoms with van der Waals surface area (Å²) in [5.74, 6) is -0.404. The number of rotatable bonds is 9. The second-order valence-electron chi connectivity index (χ2n) is 9.12. The third kappa shape index (κ3) is 6.22. The van der Waals surface area contributed by atoms with Gasteiger partial charge in [-0.3, -0.25) is 20.0 Å². The average molecular weight is 499 g/mol. The molecule has 1 aromatic heterocycles. The molecule has 1 amide bonds. The van der Waals surface area contributed by atoms with Crippen LogP contribution in [0.25, 0.3) is 5.57 Å². The summed E-state index contributed by atoms with van der Waals surface area (Å²) in [5.41, 5.74) is 4.30. The number of amides is 1. The van der Waals surface area contributed by atoms with Crippen LogP contribution in [0.4, 0.5) is 0 Å². The number of carbonyl (C=O) groups is 2. The first kappa shape index (κ1) is 25.6. The van der Waals surface area contributed by atoms with E-state index in [1.54, 1.807) is 48.8 Å². The van der Waals surface area contributed by atoms with Crippen molar-refractivity contribution in [2.24, 2.45) is 0 Å². The van der Waals surface area contributed by atoms with Gasteiger partial charge in [0, 0.05) is 36.6 Å². The standard InChI is InChI=1S/C29H30N4O4/c1-19(2)21-5-3-20(4-6-21)18-37-24-9-7-22(8-10-24)26(27(30)23-11-13-31-14-12-23)28-29(36)33(16-15-32-28)17-25(34)35/h3-14,19,30,32H,15-18H2,1-2H3,(H,34,35)/b28-26-,30-27?. The summed E-state index contributed by atoms with van der Waals surface area (Å²) >= 11 is 0. The van der Waals surface area contributed by atoms with E-state index in [1.165, 1.54) is 10.5 Å². The third-order valence-corrected chi connectivity index (χ3v) is 6.17. The van der Waals surface area contributed by atoms with Crippen molar-refractivity contribution in [2.75, 3.05) is 19.6 Å². The number of carbonyl (C=O) groups excluding carboxylic acids is 1. The van der Waals surface area contributed by atoms with Crippen LogP contribution in [0, 0.1) is 5.41 Å². The van der Waals surface area contributed by atoms with Gasteiger partial charge >= 0.3 is 5.97 Å². The highest BCUT2D eigenvalue weighted by Gasteiger charge is 2.29. The van der Waals surface area contributed by atoms with Gasteiger partial charge in [0.15, 0.2) is 0 Å². The van der Waals surface area contributed by atoms with Crippen molar-refractivity contribution < 1.29 is 19.4 Å². The minimum atomic E-state index is -1.08. The number of nitrogens with one attached hydrogen (secondary N) is 2. The molecule has 0 saturated carbocycles. The average Bonchev–Trinajstić information content (AvgIpc) is 2.91. The molecule has 3 N–H and O–H groups in total. The molecule has 0 atom stereocenters. The number of nitrogens with zero attached hydrogens (tertiary/aromatic N) is 2. The lowest BCUT2D eigenvalue weighted by molar-refractivity contribution is -0.143. The fourth-order valence-electron chi connectivity index (χ4n) is 4.12. The highest BCUT2D eigenvalue weighted by atomic mass is 16.5. The Kier molecular flexibility index (Phi) is 7.98. The number of benzene rings is 2. The number of aliphatic carboxylic acids is 1. The van der Waals surface area contributed by atoms with Gasteiger partial charge in [0.1, 0.15) is 24.6 Å². The number of allylic oxidation sites excluding steroid dienone is 1. The van der Waals surface area contributed by atoms with E-state index in [0.717, 1.165) is 5.56 Å². The zero-order valence-corrected chi connectivity index (χ0v) is 20.9. The van der Waals surface area contributed by atoms with Crippen LogP contribution >= 0.6 is 0 Å².